The van der Waals surface area contributed by atoms with E-state index in [0.29, 0.717) is 6.61 Å². The van der Waals surface area contributed by atoms with Crippen molar-refractivity contribution in [2.24, 2.45) is 0 Å². The first-order valence-electron chi connectivity index (χ1n) is 8.40. The Morgan fingerprint density at radius 1 is 0.696 bits per heavy atom. The van der Waals surface area contributed by atoms with E-state index in [2.05, 4.69) is 58.9 Å². The van der Waals surface area contributed by atoms with E-state index in [9.17, 15) is 0 Å². The smallest absolute Gasteiger partial charge is 0.184 e. The number of hydrogen-bond acceptors (Lipinski definition) is 5. The van der Waals surface area contributed by atoms with Crippen molar-refractivity contribution in [3.8, 4) is 0 Å². The van der Waals surface area contributed by atoms with Crippen LogP contribution in [0.5, 0.6) is 0 Å². The Morgan fingerprint density at radius 2 is 1.13 bits per heavy atom. The summed E-state index contributed by atoms with van der Waals surface area (Å²) in [7, 11) is -3.59. The van der Waals surface area contributed by atoms with Crippen molar-refractivity contribution in [2.75, 3.05) is 13.7 Å². The Morgan fingerprint density at radius 3 is 1.52 bits per heavy atom. The Balaban J connectivity index is 3.08. The first-order chi connectivity index (χ1) is 10.2. The van der Waals surface area contributed by atoms with Crippen LogP contribution in [0.4, 0.5) is 0 Å². The van der Waals surface area contributed by atoms with E-state index < -0.39 is 31.2 Å². The zero-order valence-corrected chi connectivity index (χ0v) is 19.6. The van der Waals surface area contributed by atoms with Gasteiger partial charge >= 0.3 is 0 Å². The highest BCUT2D eigenvalue weighted by Gasteiger charge is 2.47. The molecule has 0 aromatic carbocycles. The summed E-state index contributed by atoms with van der Waals surface area (Å²) in [6.07, 6.45) is -0.877. The van der Waals surface area contributed by atoms with Gasteiger partial charge in [-0.2, -0.15) is 0 Å². The first-order valence-corrected chi connectivity index (χ1v) is 18.6. The van der Waals surface area contributed by atoms with E-state index in [1.807, 2.05) is 0 Å². The molecule has 138 valence electrons. The molecule has 8 heteroatoms. The van der Waals surface area contributed by atoms with Gasteiger partial charge in [0.2, 0.25) is 0 Å². The number of hydrogen-bond donors (Lipinski definition) is 0. The van der Waals surface area contributed by atoms with Crippen molar-refractivity contribution < 1.29 is 22.8 Å². The van der Waals surface area contributed by atoms with Gasteiger partial charge in [0.1, 0.15) is 12.2 Å². The molecule has 1 fully saturated rings. The predicted molar refractivity (Wildman–Crippen MR) is 101 cm³/mol. The lowest BCUT2D eigenvalue weighted by atomic mass is 10.1. The second kappa shape index (κ2) is 7.77. The van der Waals surface area contributed by atoms with Crippen LogP contribution in [0.25, 0.3) is 0 Å². The molecular weight excluding hydrogens is 344 g/mol. The van der Waals surface area contributed by atoms with Crippen molar-refractivity contribution in [1.29, 1.82) is 0 Å². The van der Waals surface area contributed by atoms with Crippen molar-refractivity contribution in [1.82, 2.24) is 0 Å². The molecule has 0 radical (unpaired) electrons. The summed E-state index contributed by atoms with van der Waals surface area (Å²) >= 11 is 0. The van der Waals surface area contributed by atoms with Crippen molar-refractivity contribution in [3.63, 3.8) is 0 Å². The van der Waals surface area contributed by atoms with Gasteiger partial charge in [0, 0.05) is 7.11 Å². The standard InChI is InChI=1S/C15H36O5Si3/c1-16-15-14(20-23(8,9)10)13(19-22(5,6)7)12(11-17-15)18-21(2,3)4/h12-15H,11H2,1-10H3/t12-,13+,14-,15+/m0/s1. The Bertz CT molecular complexity index is 373. The average molecular weight is 381 g/mol. The molecule has 0 amide bonds. The normalized spacial score (nSPS) is 30.5. The van der Waals surface area contributed by atoms with Crippen LogP contribution in [0.2, 0.25) is 58.9 Å². The number of methoxy groups -OCH3 is 1. The average Bonchev–Trinajstić information content (AvgIpc) is 2.28. The molecule has 0 aromatic rings. The van der Waals surface area contributed by atoms with E-state index in [1.54, 1.807) is 7.11 Å². The van der Waals surface area contributed by atoms with Gasteiger partial charge in [-0.05, 0) is 58.9 Å². The lowest BCUT2D eigenvalue weighted by Crippen LogP contribution is -2.62. The van der Waals surface area contributed by atoms with E-state index >= 15 is 0 Å². The molecule has 5 nitrogen and oxygen atoms in total. The van der Waals surface area contributed by atoms with Crippen LogP contribution in [0.15, 0.2) is 0 Å². The third-order valence-electron chi connectivity index (χ3n) is 3.10. The molecule has 0 saturated carbocycles. The van der Waals surface area contributed by atoms with Crippen LogP contribution in [0.1, 0.15) is 0 Å². The third kappa shape index (κ3) is 7.91. The summed E-state index contributed by atoms with van der Waals surface area (Å²) in [5, 5.41) is 0. The molecule has 1 aliphatic rings. The van der Waals surface area contributed by atoms with Gasteiger partial charge in [-0.1, -0.05) is 0 Å². The minimum Gasteiger partial charge on any atom is -0.410 e. The SMILES string of the molecule is CO[C@@H]1OC[C@H](O[Si](C)(C)C)[C@@H](O[Si](C)(C)C)[C@@H]1O[Si](C)(C)C. The molecule has 23 heavy (non-hydrogen) atoms. The first kappa shape index (κ1) is 21.5. The molecule has 0 spiro atoms. The zero-order valence-electron chi connectivity index (χ0n) is 16.6. The quantitative estimate of drug-likeness (QED) is 0.631. The van der Waals surface area contributed by atoms with Crippen LogP contribution in [-0.2, 0) is 22.8 Å². The van der Waals surface area contributed by atoms with Crippen molar-refractivity contribution >= 4 is 25.0 Å². The molecule has 1 rings (SSSR count). The fraction of sp³-hybridized carbons (Fsp3) is 1.00. The highest BCUT2D eigenvalue weighted by atomic mass is 28.4. The van der Waals surface area contributed by atoms with Gasteiger partial charge in [-0.3, -0.25) is 0 Å². The van der Waals surface area contributed by atoms with E-state index in [1.165, 1.54) is 0 Å². The lowest BCUT2D eigenvalue weighted by molar-refractivity contribution is -0.250. The number of ether oxygens (including phenoxy) is 2. The van der Waals surface area contributed by atoms with Gasteiger partial charge in [-0.25, -0.2) is 0 Å². The highest BCUT2D eigenvalue weighted by Crippen LogP contribution is 2.30. The molecular formula is C15H36O5Si3. The Kier molecular flexibility index (Phi) is 7.27. The molecule has 0 N–H and O–H groups in total. The maximum atomic E-state index is 6.50. The fourth-order valence-corrected chi connectivity index (χ4v) is 5.86. The second-order valence-electron chi connectivity index (χ2n) is 9.10. The van der Waals surface area contributed by atoms with Crippen LogP contribution in [-0.4, -0.2) is 63.3 Å². The van der Waals surface area contributed by atoms with E-state index in [4.69, 9.17) is 22.8 Å². The Labute approximate surface area is 145 Å². The predicted octanol–water partition coefficient (Wildman–Crippen LogP) is 3.65. The maximum absolute atomic E-state index is 6.50. The third-order valence-corrected chi connectivity index (χ3v) is 6.07. The molecule has 0 bridgehead atoms. The topological polar surface area (TPSA) is 46.2 Å². The highest BCUT2D eigenvalue weighted by molar-refractivity contribution is 6.70. The number of rotatable bonds is 7. The minimum atomic E-state index is -1.78. The lowest BCUT2D eigenvalue weighted by Gasteiger charge is -2.47. The van der Waals surface area contributed by atoms with Crippen LogP contribution in [0.3, 0.4) is 0 Å². The van der Waals surface area contributed by atoms with E-state index in [0.717, 1.165) is 0 Å². The molecule has 1 heterocycles. The summed E-state index contributed by atoms with van der Waals surface area (Å²) < 4.78 is 30.7. The summed E-state index contributed by atoms with van der Waals surface area (Å²) in [6, 6.07) is 0. The van der Waals surface area contributed by atoms with Crippen molar-refractivity contribution in [3.05, 3.63) is 0 Å². The largest absolute Gasteiger partial charge is 0.410 e. The van der Waals surface area contributed by atoms with E-state index in [-0.39, 0.29) is 18.3 Å². The zero-order chi connectivity index (χ0) is 18.1. The minimum absolute atomic E-state index is 0.0962. The van der Waals surface area contributed by atoms with Crippen molar-refractivity contribution in [2.45, 2.75) is 83.5 Å². The van der Waals surface area contributed by atoms with Gasteiger partial charge in [0.25, 0.3) is 0 Å². The van der Waals surface area contributed by atoms with Gasteiger partial charge in [0.15, 0.2) is 31.2 Å². The van der Waals surface area contributed by atoms with Gasteiger partial charge in [0.05, 0.1) is 12.7 Å². The molecule has 0 unspecified atom stereocenters. The summed E-state index contributed by atoms with van der Waals surface area (Å²) in [5.74, 6) is 0. The van der Waals surface area contributed by atoms with Crippen LogP contribution >= 0.6 is 0 Å². The monoisotopic (exact) mass is 380 g/mol. The molecule has 4 atom stereocenters. The second-order valence-corrected chi connectivity index (χ2v) is 22.5. The van der Waals surface area contributed by atoms with Gasteiger partial charge < -0.3 is 22.8 Å². The van der Waals surface area contributed by atoms with Crippen LogP contribution < -0.4 is 0 Å². The Hall–Kier alpha value is 0.451. The summed E-state index contributed by atoms with van der Waals surface area (Å²) in [4.78, 5) is 0. The molecule has 1 saturated heterocycles. The maximum Gasteiger partial charge on any atom is 0.184 e. The molecule has 0 aliphatic carbocycles. The fourth-order valence-electron chi connectivity index (χ4n) is 2.59. The molecule has 1 aliphatic heterocycles. The molecule has 0 aromatic heterocycles. The van der Waals surface area contributed by atoms with Crippen LogP contribution in [0, 0.1) is 0 Å². The summed E-state index contributed by atoms with van der Waals surface area (Å²) in [5.41, 5.74) is 0. The summed E-state index contributed by atoms with van der Waals surface area (Å²) in [6.45, 7) is 20.2. The van der Waals surface area contributed by atoms with Gasteiger partial charge in [-0.15, -0.1) is 0 Å².